The van der Waals surface area contributed by atoms with Gasteiger partial charge >= 0.3 is 0 Å². The highest BCUT2D eigenvalue weighted by Gasteiger charge is 2.34. The Labute approximate surface area is 155 Å². The highest BCUT2D eigenvalue weighted by molar-refractivity contribution is 7.91. The third-order valence-corrected chi connectivity index (χ3v) is 6.86. The number of benzene rings is 1. The van der Waals surface area contributed by atoms with Crippen LogP contribution in [0, 0.1) is 0 Å². The molecule has 2 saturated heterocycles. The maximum Gasteiger partial charge on any atom is 0.227 e. The van der Waals surface area contributed by atoms with Gasteiger partial charge in [-0.05, 0) is 37.0 Å². The van der Waals surface area contributed by atoms with Crippen LogP contribution in [-0.4, -0.2) is 55.8 Å². The summed E-state index contributed by atoms with van der Waals surface area (Å²) in [7, 11) is -3.02. The number of rotatable bonds is 6. The number of sulfone groups is 1. The van der Waals surface area contributed by atoms with E-state index < -0.39 is 9.84 Å². The van der Waals surface area contributed by atoms with Crippen molar-refractivity contribution in [3.63, 3.8) is 0 Å². The molecule has 1 unspecified atom stereocenters. The minimum Gasteiger partial charge on any atom is -0.338 e. The number of nitrogens with zero attached hydrogens (tertiary/aromatic N) is 2. The number of anilines is 1. The van der Waals surface area contributed by atoms with Crippen molar-refractivity contribution < 1.29 is 18.0 Å². The summed E-state index contributed by atoms with van der Waals surface area (Å²) in [5.41, 5.74) is 1.75. The van der Waals surface area contributed by atoms with E-state index in [4.69, 9.17) is 0 Å². The molecular weight excluding hydrogens is 352 g/mol. The average molecular weight is 378 g/mol. The Morgan fingerprint density at radius 1 is 1.27 bits per heavy atom. The van der Waals surface area contributed by atoms with Crippen LogP contribution in [0.25, 0.3) is 0 Å². The molecule has 0 aliphatic carbocycles. The zero-order valence-electron chi connectivity index (χ0n) is 15.2. The molecule has 1 aromatic rings. The fourth-order valence-corrected chi connectivity index (χ4v) is 5.49. The first-order valence-electron chi connectivity index (χ1n) is 9.29. The standard InChI is InChI=1S/C19H26N2O4S/c1-2-10-20(17-9-12-26(24,25)14-17)19(23)13-15-5-7-16(8-6-15)21-11-3-4-18(21)22/h5-8,17H,2-4,9-14H2,1H3. The van der Waals surface area contributed by atoms with Crippen molar-refractivity contribution in [1.82, 2.24) is 4.90 Å². The predicted octanol–water partition coefficient (Wildman–Crippen LogP) is 1.78. The minimum atomic E-state index is -3.02. The first-order valence-corrected chi connectivity index (χ1v) is 11.1. The van der Waals surface area contributed by atoms with Crippen molar-refractivity contribution >= 4 is 27.3 Å². The number of carbonyl (C=O) groups excluding carboxylic acids is 2. The van der Waals surface area contributed by atoms with E-state index in [1.807, 2.05) is 31.2 Å². The maximum absolute atomic E-state index is 12.8. The molecule has 2 fully saturated rings. The van der Waals surface area contributed by atoms with E-state index in [0.717, 1.165) is 30.6 Å². The van der Waals surface area contributed by atoms with Crippen molar-refractivity contribution in [2.45, 2.75) is 45.1 Å². The molecule has 7 heteroatoms. The van der Waals surface area contributed by atoms with Crippen LogP contribution in [0.15, 0.2) is 24.3 Å². The van der Waals surface area contributed by atoms with Crippen LogP contribution in [0.5, 0.6) is 0 Å². The molecule has 2 aliphatic rings. The summed E-state index contributed by atoms with van der Waals surface area (Å²) < 4.78 is 23.5. The van der Waals surface area contributed by atoms with Crippen LogP contribution in [0.4, 0.5) is 5.69 Å². The van der Waals surface area contributed by atoms with E-state index in [9.17, 15) is 18.0 Å². The van der Waals surface area contributed by atoms with Gasteiger partial charge in [0.15, 0.2) is 9.84 Å². The summed E-state index contributed by atoms with van der Waals surface area (Å²) in [5, 5.41) is 0. The second-order valence-corrected chi connectivity index (χ2v) is 9.36. The number of hydrogen-bond donors (Lipinski definition) is 0. The van der Waals surface area contributed by atoms with Gasteiger partial charge < -0.3 is 9.80 Å². The van der Waals surface area contributed by atoms with E-state index in [0.29, 0.717) is 19.4 Å². The lowest BCUT2D eigenvalue weighted by molar-refractivity contribution is -0.132. The van der Waals surface area contributed by atoms with E-state index in [2.05, 4.69) is 0 Å². The molecular formula is C19H26N2O4S. The molecule has 3 rings (SSSR count). The average Bonchev–Trinajstić information content (AvgIpc) is 3.18. The second-order valence-electron chi connectivity index (χ2n) is 7.14. The second kappa shape index (κ2) is 7.78. The molecule has 6 nitrogen and oxygen atoms in total. The lowest BCUT2D eigenvalue weighted by atomic mass is 10.1. The van der Waals surface area contributed by atoms with E-state index >= 15 is 0 Å². The van der Waals surface area contributed by atoms with Gasteiger partial charge in [-0.15, -0.1) is 0 Å². The van der Waals surface area contributed by atoms with Gasteiger partial charge in [0, 0.05) is 31.2 Å². The number of amides is 2. The van der Waals surface area contributed by atoms with Crippen LogP contribution < -0.4 is 4.90 Å². The molecule has 2 amide bonds. The van der Waals surface area contributed by atoms with Crippen LogP contribution in [0.2, 0.25) is 0 Å². The fourth-order valence-electron chi connectivity index (χ4n) is 3.76. The van der Waals surface area contributed by atoms with Crippen molar-refractivity contribution in [3.8, 4) is 0 Å². The molecule has 1 aromatic carbocycles. The monoisotopic (exact) mass is 378 g/mol. The smallest absolute Gasteiger partial charge is 0.227 e. The van der Waals surface area contributed by atoms with Crippen molar-refractivity contribution in [2.24, 2.45) is 0 Å². The summed E-state index contributed by atoms with van der Waals surface area (Å²) >= 11 is 0. The Balaban J connectivity index is 1.66. The summed E-state index contributed by atoms with van der Waals surface area (Å²) in [5.74, 6) is 0.364. The zero-order chi connectivity index (χ0) is 18.7. The van der Waals surface area contributed by atoms with E-state index in [1.165, 1.54) is 0 Å². The Hall–Kier alpha value is -1.89. The van der Waals surface area contributed by atoms with E-state index in [-0.39, 0.29) is 35.8 Å². The largest absolute Gasteiger partial charge is 0.338 e. The van der Waals surface area contributed by atoms with Gasteiger partial charge in [-0.25, -0.2) is 8.42 Å². The molecule has 2 aliphatic heterocycles. The van der Waals surface area contributed by atoms with Gasteiger partial charge in [-0.1, -0.05) is 19.1 Å². The van der Waals surface area contributed by atoms with Crippen molar-refractivity contribution in [1.29, 1.82) is 0 Å². The molecule has 0 spiro atoms. The Kier molecular flexibility index (Phi) is 5.65. The van der Waals surface area contributed by atoms with E-state index in [1.54, 1.807) is 9.80 Å². The first kappa shape index (κ1) is 18.9. The number of carbonyl (C=O) groups is 2. The Bertz CT molecular complexity index is 773. The van der Waals surface area contributed by atoms with Crippen LogP contribution in [0.3, 0.4) is 0 Å². The minimum absolute atomic E-state index is 0.0288. The molecule has 2 heterocycles. The molecule has 142 valence electrons. The normalized spacial score (nSPS) is 22.0. The van der Waals surface area contributed by atoms with Crippen molar-refractivity contribution in [2.75, 3.05) is 29.5 Å². The Morgan fingerprint density at radius 2 is 2.00 bits per heavy atom. The lowest BCUT2D eigenvalue weighted by Crippen LogP contribution is -2.42. The maximum atomic E-state index is 12.8. The van der Waals surface area contributed by atoms with Crippen LogP contribution in [-0.2, 0) is 25.8 Å². The predicted molar refractivity (Wildman–Crippen MR) is 101 cm³/mol. The number of hydrogen-bond acceptors (Lipinski definition) is 4. The molecule has 0 radical (unpaired) electrons. The molecule has 0 saturated carbocycles. The van der Waals surface area contributed by atoms with Gasteiger partial charge in [0.1, 0.15) is 0 Å². The van der Waals surface area contributed by atoms with Gasteiger partial charge in [0.2, 0.25) is 11.8 Å². The molecule has 26 heavy (non-hydrogen) atoms. The van der Waals surface area contributed by atoms with Crippen LogP contribution in [0.1, 0.15) is 38.2 Å². The quantitative estimate of drug-likeness (QED) is 0.756. The third-order valence-electron chi connectivity index (χ3n) is 5.11. The lowest BCUT2D eigenvalue weighted by Gasteiger charge is -2.28. The first-order chi connectivity index (χ1) is 12.4. The van der Waals surface area contributed by atoms with Gasteiger partial charge in [-0.2, -0.15) is 0 Å². The fraction of sp³-hybridized carbons (Fsp3) is 0.579. The highest BCUT2D eigenvalue weighted by atomic mass is 32.2. The Morgan fingerprint density at radius 3 is 2.54 bits per heavy atom. The molecule has 0 bridgehead atoms. The molecule has 0 aromatic heterocycles. The van der Waals surface area contributed by atoms with Gasteiger partial charge in [0.05, 0.1) is 17.9 Å². The van der Waals surface area contributed by atoms with Crippen LogP contribution >= 0.6 is 0 Å². The third kappa shape index (κ3) is 4.26. The molecule has 1 atom stereocenters. The summed E-state index contributed by atoms with van der Waals surface area (Å²) in [6.07, 6.45) is 3.07. The zero-order valence-corrected chi connectivity index (χ0v) is 16.0. The summed E-state index contributed by atoms with van der Waals surface area (Å²) in [6.45, 7) is 3.32. The summed E-state index contributed by atoms with van der Waals surface area (Å²) in [4.78, 5) is 28.1. The van der Waals surface area contributed by atoms with Gasteiger partial charge in [-0.3, -0.25) is 9.59 Å². The van der Waals surface area contributed by atoms with Gasteiger partial charge in [0.25, 0.3) is 0 Å². The summed E-state index contributed by atoms with van der Waals surface area (Å²) in [6, 6.07) is 7.34. The van der Waals surface area contributed by atoms with Crippen molar-refractivity contribution in [3.05, 3.63) is 29.8 Å². The molecule has 0 N–H and O–H groups in total. The topological polar surface area (TPSA) is 74.8 Å². The SMILES string of the molecule is CCCN(C(=O)Cc1ccc(N2CCCC2=O)cc1)C1CCS(=O)(=O)C1. The highest BCUT2D eigenvalue weighted by Crippen LogP contribution is 2.23.